The van der Waals surface area contributed by atoms with E-state index in [1.54, 1.807) is 6.92 Å². The number of Topliss-reactive ketones (excluding diaryl/α,β-unsaturated/α-hetero) is 1. The number of ketones is 1. The quantitative estimate of drug-likeness (QED) is 0.603. The average molecular weight is 379 g/mol. The molecule has 0 aromatic carbocycles. The largest absolute Gasteiger partial charge is 0.465 e. The lowest BCUT2D eigenvalue weighted by Crippen LogP contribution is -2.43. The van der Waals surface area contributed by atoms with Gasteiger partial charge in [0.2, 0.25) is 5.91 Å². The molecule has 1 aromatic rings. The topological polar surface area (TPSA) is 79.5 Å². The van der Waals surface area contributed by atoms with Gasteiger partial charge in [-0.05, 0) is 23.3 Å². The van der Waals surface area contributed by atoms with Crippen LogP contribution in [-0.4, -0.2) is 47.7 Å². The van der Waals surface area contributed by atoms with E-state index in [1.165, 1.54) is 14.0 Å². The molecule has 6 heteroatoms. The molecule has 1 amide bonds. The molecule has 0 aliphatic heterocycles. The molecule has 0 aliphatic rings. The van der Waals surface area contributed by atoms with Crippen molar-refractivity contribution < 1.29 is 19.1 Å². The van der Waals surface area contributed by atoms with Gasteiger partial charge in [-0.25, -0.2) is 4.79 Å². The minimum atomic E-state index is -0.544. The van der Waals surface area contributed by atoms with Gasteiger partial charge in [0.05, 0.1) is 24.8 Å². The molecule has 6 nitrogen and oxygen atoms in total. The molecule has 1 aromatic heterocycles. The number of rotatable bonds is 6. The van der Waals surface area contributed by atoms with Gasteiger partial charge in [0.15, 0.2) is 5.78 Å². The summed E-state index contributed by atoms with van der Waals surface area (Å²) in [7, 11) is 1.29. The van der Waals surface area contributed by atoms with Crippen molar-refractivity contribution in [3.63, 3.8) is 0 Å². The third kappa shape index (κ3) is 6.52. The van der Waals surface area contributed by atoms with E-state index in [4.69, 9.17) is 4.74 Å². The molecule has 1 heterocycles. The lowest BCUT2D eigenvalue weighted by atomic mass is 9.91. The first-order valence-electron chi connectivity index (χ1n) is 9.25. The summed E-state index contributed by atoms with van der Waals surface area (Å²) in [5, 5.41) is 0. The monoisotopic (exact) mass is 378 g/mol. The van der Waals surface area contributed by atoms with E-state index in [0.29, 0.717) is 30.0 Å². The predicted molar refractivity (Wildman–Crippen MR) is 106 cm³/mol. The molecule has 27 heavy (non-hydrogen) atoms. The highest BCUT2D eigenvalue weighted by Gasteiger charge is 2.29. The average Bonchev–Trinajstić information content (AvgIpc) is 2.79. The molecule has 0 fully saturated rings. The second-order valence-corrected chi connectivity index (χ2v) is 9.57. The third-order valence-corrected chi connectivity index (χ3v) is 4.08. The number of hydrogen-bond donors (Lipinski definition) is 1. The van der Waals surface area contributed by atoms with Crippen molar-refractivity contribution in [2.24, 2.45) is 10.8 Å². The summed E-state index contributed by atoms with van der Waals surface area (Å²) in [6.45, 7) is 16.8. The number of carbonyl (C=O) groups is 3. The van der Waals surface area contributed by atoms with Crippen molar-refractivity contribution in [2.75, 3.05) is 20.2 Å². The number of nitrogens with zero attached hydrogens (tertiary/aromatic N) is 1. The Morgan fingerprint density at radius 3 is 1.85 bits per heavy atom. The zero-order valence-corrected chi connectivity index (χ0v) is 18.2. The Kier molecular flexibility index (Phi) is 7.03. The number of H-pyrrole nitrogens is 1. The molecular formula is C21H34N2O4. The van der Waals surface area contributed by atoms with Crippen LogP contribution in [-0.2, 0) is 16.0 Å². The molecule has 0 saturated heterocycles. The molecule has 0 radical (unpaired) electrons. The molecular weight excluding hydrogens is 344 g/mol. The summed E-state index contributed by atoms with van der Waals surface area (Å²) < 4.78 is 4.86. The number of methoxy groups -OCH3 is 1. The number of carbonyl (C=O) groups excluding carboxylic acids is 3. The number of aromatic nitrogens is 1. The minimum Gasteiger partial charge on any atom is -0.465 e. The van der Waals surface area contributed by atoms with Gasteiger partial charge in [0, 0.05) is 25.7 Å². The molecule has 152 valence electrons. The molecule has 0 unspecified atom stereocenters. The van der Waals surface area contributed by atoms with Crippen LogP contribution in [0.5, 0.6) is 0 Å². The van der Waals surface area contributed by atoms with Crippen LogP contribution in [0.2, 0.25) is 0 Å². The van der Waals surface area contributed by atoms with E-state index < -0.39 is 5.97 Å². The fourth-order valence-corrected chi connectivity index (χ4v) is 3.16. The highest BCUT2D eigenvalue weighted by molar-refractivity contribution is 6.01. The summed E-state index contributed by atoms with van der Waals surface area (Å²) in [6.07, 6.45) is 0.0186. The fourth-order valence-electron chi connectivity index (χ4n) is 3.16. The van der Waals surface area contributed by atoms with Crippen molar-refractivity contribution in [3.05, 3.63) is 22.5 Å². The van der Waals surface area contributed by atoms with Crippen LogP contribution in [0.4, 0.5) is 0 Å². The summed E-state index contributed by atoms with van der Waals surface area (Å²) in [5.41, 5.74) is 1.47. The second-order valence-electron chi connectivity index (χ2n) is 9.57. The van der Waals surface area contributed by atoms with Crippen LogP contribution in [0.1, 0.15) is 80.6 Å². The zero-order chi connectivity index (χ0) is 21.2. The molecule has 0 bridgehead atoms. The van der Waals surface area contributed by atoms with Crippen LogP contribution in [0.15, 0.2) is 0 Å². The Morgan fingerprint density at radius 2 is 1.48 bits per heavy atom. The van der Waals surface area contributed by atoms with Gasteiger partial charge in [-0.2, -0.15) is 0 Å². The molecule has 1 N–H and O–H groups in total. The molecule has 1 rings (SSSR count). The summed E-state index contributed by atoms with van der Waals surface area (Å²) >= 11 is 0. The molecule has 0 atom stereocenters. The Morgan fingerprint density at radius 1 is 1.00 bits per heavy atom. The second kappa shape index (κ2) is 8.28. The summed E-state index contributed by atoms with van der Waals surface area (Å²) in [5.74, 6) is -0.809. The van der Waals surface area contributed by atoms with E-state index in [9.17, 15) is 14.4 Å². The van der Waals surface area contributed by atoms with Crippen molar-refractivity contribution in [1.82, 2.24) is 9.88 Å². The Hall–Kier alpha value is -2.11. The number of hydrogen-bond acceptors (Lipinski definition) is 4. The maximum absolute atomic E-state index is 13.1. The van der Waals surface area contributed by atoms with Gasteiger partial charge in [-0.15, -0.1) is 0 Å². The first-order chi connectivity index (χ1) is 12.2. The smallest absolute Gasteiger partial charge is 0.339 e. The highest BCUT2D eigenvalue weighted by atomic mass is 16.5. The number of ether oxygens (including phenoxy) is 1. The summed E-state index contributed by atoms with van der Waals surface area (Å²) in [6, 6.07) is 0. The lowest BCUT2D eigenvalue weighted by Gasteiger charge is -2.35. The Balaban J connectivity index is 3.26. The highest BCUT2D eigenvalue weighted by Crippen LogP contribution is 2.24. The maximum atomic E-state index is 13.1. The number of amides is 1. The van der Waals surface area contributed by atoms with Crippen molar-refractivity contribution in [1.29, 1.82) is 0 Å². The van der Waals surface area contributed by atoms with E-state index >= 15 is 0 Å². The standard InChI is InChI=1S/C21H34N2O4/c1-13-17(19(26)27-9)15(22-18(13)14(2)24)10-16(25)23(11-20(3,4)5)12-21(6,7)8/h22H,10-12H2,1-9H3. The van der Waals surface area contributed by atoms with Gasteiger partial charge in [-0.1, -0.05) is 41.5 Å². The lowest BCUT2D eigenvalue weighted by molar-refractivity contribution is -0.133. The molecule has 0 spiro atoms. The van der Waals surface area contributed by atoms with E-state index in [2.05, 4.69) is 46.5 Å². The van der Waals surface area contributed by atoms with Crippen LogP contribution >= 0.6 is 0 Å². The zero-order valence-electron chi connectivity index (χ0n) is 18.2. The first-order valence-corrected chi connectivity index (χ1v) is 9.25. The van der Waals surface area contributed by atoms with Gasteiger partial charge in [0.25, 0.3) is 0 Å². The minimum absolute atomic E-state index is 0.0186. The summed E-state index contributed by atoms with van der Waals surface area (Å²) in [4.78, 5) is 42.0. The Labute approximate surface area is 162 Å². The number of esters is 1. The van der Waals surface area contributed by atoms with Gasteiger partial charge >= 0.3 is 5.97 Å². The third-order valence-electron chi connectivity index (χ3n) is 4.08. The van der Waals surface area contributed by atoms with Crippen LogP contribution < -0.4 is 0 Å². The number of nitrogens with one attached hydrogen (secondary N) is 1. The van der Waals surface area contributed by atoms with Gasteiger partial charge in [0.1, 0.15) is 0 Å². The van der Waals surface area contributed by atoms with Gasteiger partial charge < -0.3 is 14.6 Å². The predicted octanol–water partition coefficient (Wildman–Crippen LogP) is 3.78. The maximum Gasteiger partial charge on any atom is 0.339 e. The Bertz CT molecular complexity index is 702. The van der Waals surface area contributed by atoms with Crippen molar-refractivity contribution in [2.45, 2.75) is 61.8 Å². The van der Waals surface area contributed by atoms with Gasteiger partial charge in [-0.3, -0.25) is 9.59 Å². The van der Waals surface area contributed by atoms with Crippen molar-refractivity contribution >= 4 is 17.7 Å². The van der Waals surface area contributed by atoms with Crippen molar-refractivity contribution in [3.8, 4) is 0 Å². The normalized spacial score (nSPS) is 12.0. The first kappa shape index (κ1) is 22.9. The SMILES string of the molecule is COC(=O)c1c(CC(=O)N(CC(C)(C)C)CC(C)(C)C)[nH]c(C(C)=O)c1C. The molecule has 0 saturated carbocycles. The fraction of sp³-hybridized carbons (Fsp3) is 0.667. The molecule has 0 aliphatic carbocycles. The van der Waals surface area contributed by atoms with Crippen LogP contribution in [0.25, 0.3) is 0 Å². The van der Waals surface area contributed by atoms with E-state index in [-0.39, 0.29) is 34.5 Å². The number of aromatic amines is 1. The van der Waals surface area contributed by atoms with E-state index in [1.807, 2.05) is 4.90 Å². The van der Waals surface area contributed by atoms with Crippen LogP contribution in [0.3, 0.4) is 0 Å². The van der Waals surface area contributed by atoms with E-state index in [0.717, 1.165) is 0 Å². The van der Waals surface area contributed by atoms with Crippen LogP contribution in [0, 0.1) is 17.8 Å².